The van der Waals surface area contributed by atoms with E-state index in [-0.39, 0.29) is 5.91 Å². The van der Waals surface area contributed by atoms with E-state index in [1.807, 2.05) is 19.1 Å². The summed E-state index contributed by atoms with van der Waals surface area (Å²) in [6, 6.07) is 3.75. The normalized spacial score (nSPS) is 9.83. The van der Waals surface area contributed by atoms with Gasteiger partial charge in [0.25, 0.3) is 0 Å². The molecule has 0 aliphatic carbocycles. The van der Waals surface area contributed by atoms with Crippen LogP contribution < -0.4 is 5.32 Å². The molecule has 12 heavy (non-hydrogen) atoms. The summed E-state index contributed by atoms with van der Waals surface area (Å²) < 4.78 is 0.760. The molecule has 4 heteroatoms. The van der Waals surface area contributed by atoms with Crippen molar-refractivity contribution in [3.63, 3.8) is 0 Å². The smallest absolute Gasteiger partial charge is 0.220 e. The molecule has 1 amide bonds. The number of carbonyl (C=O) groups is 1. The van der Waals surface area contributed by atoms with Crippen LogP contribution >= 0.6 is 22.9 Å². The number of hydrogen-bond donors (Lipinski definition) is 1. The van der Waals surface area contributed by atoms with Crippen molar-refractivity contribution in [2.24, 2.45) is 0 Å². The fourth-order valence-electron chi connectivity index (χ4n) is 0.757. The van der Waals surface area contributed by atoms with Crippen LogP contribution in [0.1, 0.15) is 18.2 Å². The molecule has 0 atom stereocenters. The molecule has 0 aromatic carbocycles. The number of halogens is 1. The summed E-state index contributed by atoms with van der Waals surface area (Å²) in [7, 11) is 0. The molecule has 0 fully saturated rings. The van der Waals surface area contributed by atoms with E-state index in [4.69, 9.17) is 11.6 Å². The first-order valence-corrected chi connectivity index (χ1v) is 4.92. The molecule has 0 aliphatic rings. The first kappa shape index (κ1) is 9.55. The minimum atomic E-state index is 0.0690. The Hall–Kier alpha value is -0.540. The Labute approximate surface area is 80.5 Å². The van der Waals surface area contributed by atoms with Crippen molar-refractivity contribution >= 4 is 28.8 Å². The molecule has 1 heterocycles. The van der Waals surface area contributed by atoms with Gasteiger partial charge in [-0.25, -0.2) is 0 Å². The van der Waals surface area contributed by atoms with Crippen molar-refractivity contribution in [3.05, 3.63) is 21.3 Å². The summed E-state index contributed by atoms with van der Waals surface area (Å²) >= 11 is 7.21. The second kappa shape index (κ2) is 4.48. The van der Waals surface area contributed by atoms with E-state index in [1.165, 1.54) is 11.3 Å². The van der Waals surface area contributed by atoms with E-state index in [1.54, 1.807) is 0 Å². The zero-order valence-electron chi connectivity index (χ0n) is 6.76. The van der Waals surface area contributed by atoms with Crippen LogP contribution in [-0.4, -0.2) is 5.91 Å². The molecule has 1 aromatic heterocycles. The molecule has 0 unspecified atom stereocenters. The number of hydrogen-bond acceptors (Lipinski definition) is 2. The van der Waals surface area contributed by atoms with Crippen molar-refractivity contribution < 1.29 is 4.79 Å². The van der Waals surface area contributed by atoms with Crippen LogP contribution in [0.4, 0.5) is 0 Å². The lowest BCUT2D eigenvalue weighted by Gasteiger charge is -1.99. The van der Waals surface area contributed by atoms with E-state index < -0.39 is 0 Å². The number of carbonyl (C=O) groups excluding carboxylic acids is 1. The third kappa shape index (κ3) is 2.83. The van der Waals surface area contributed by atoms with E-state index in [0.717, 1.165) is 9.21 Å². The zero-order valence-corrected chi connectivity index (χ0v) is 8.34. The van der Waals surface area contributed by atoms with E-state index in [9.17, 15) is 4.79 Å². The minimum absolute atomic E-state index is 0.0690. The standard InChI is InChI=1S/C8H10ClNOS/c1-2-8(11)10-5-6-3-4-7(9)12-6/h3-4H,2,5H2,1H3,(H,10,11). The number of thiophene rings is 1. The zero-order chi connectivity index (χ0) is 8.97. The highest BCUT2D eigenvalue weighted by atomic mass is 35.5. The molecule has 66 valence electrons. The summed E-state index contributed by atoms with van der Waals surface area (Å²) in [6.07, 6.45) is 0.527. The molecule has 1 N–H and O–H groups in total. The fraction of sp³-hybridized carbons (Fsp3) is 0.375. The lowest BCUT2D eigenvalue weighted by atomic mass is 10.4. The molecular formula is C8H10ClNOS. The average Bonchev–Trinajstić information content (AvgIpc) is 2.47. The van der Waals surface area contributed by atoms with Crippen molar-refractivity contribution in [1.82, 2.24) is 5.32 Å². The fourth-order valence-corrected chi connectivity index (χ4v) is 1.78. The predicted molar refractivity (Wildman–Crippen MR) is 51.5 cm³/mol. The first-order valence-electron chi connectivity index (χ1n) is 3.73. The van der Waals surface area contributed by atoms with Gasteiger partial charge in [-0.3, -0.25) is 4.79 Å². The molecule has 0 radical (unpaired) electrons. The van der Waals surface area contributed by atoms with Gasteiger partial charge in [0.1, 0.15) is 0 Å². The van der Waals surface area contributed by atoms with Gasteiger partial charge >= 0.3 is 0 Å². The largest absolute Gasteiger partial charge is 0.351 e. The van der Waals surface area contributed by atoms with Crippen molar-refractivity contribution in [3.8, 4) is 0 Å². The highest BCUT2D eigenvalue weighted by Gasteiger charge is 1.99. The van der Waals surface area contributed by atoms with Gasteiger partial charge in [-0.2, -0.15) is 0 Å². The number of nitrogens with one attached hydrogen (secondary N) is 1. The van der Waals surface area contributed by atoms with Crippen LogP contribution in [0.15, 0.2) is 12.1 Å². The Morgan fingerprint density at radius 1 is 1.67 bits per heavy atom. The Morgan fingerprint density at radius 3 is 2.92 bits per heavy atom. The van der Waals surface area contributed by atoms with Gasteiger partial charge in [0, 0.05) is 11.3 Å². The van der Waals surface area contributed by atoms with Crippen LogP contribution in [0.5, 0.6) is 0 Å². The molecule has 2 nitrogen and oxygen atoms in total. The monoisotopic (exact) mass is 203 g/mol. The Balaban J connectivity index is 2.38. The van der Waals surface area contributed by atoms with Gasteiger partial charge in [-0.1, -0.05) is 18.5 Å². The molecular weight excluding hydrogens is 194 g/mol. The summed E-state index contributed by atoms with van der Waals surface area (Å²) in [6.45, 7) is 2.42. The van der Waals surface area contributed by atoms with Crippen molar-refractivity contribution in [2.75, 3.05) is 0 Å². The van der Waals surface area contributed by atoms with Crippen LogP contribution in [0.25, 0.3) is 0 Å². The average molecular weight is 204 g/mol. The Kier molecular flexibility index (Phi) is 3.56. The molecule has 0 spiro atoms. The third-order valence-electron chi connectivity index (χ3n) is 1.41. The third-order valence-corrected chi connectivity index (χ3v) is 2.64. The second-order valence-electron chi connectivity index (χ2n) is 2.34. The van der Waals surface area contributed by atoms with E-state index in [0.29, 0.717) is 13.0 Å². The van der Waals surface area contributed by atoms with Gasteiger partial charge in [-0.05, 0) is 12.1 Å². The van der Waals surface area contributed by atoms with Crippen molar-refractivity contribution in [2.45, 2.75) is 19.9 Å². The summed E-state index contributed by atoms with van der Waals surface area (Å²) in [4.78, 5) is 11.9. The Bertz CT molecular complexity index is 272. The maximum absolute atomic E-state index is 10.9. The predicted octanol–water partition coefficient (Wildman–Crippen LogP) is 2.43. The SMILES string of the molecule is CCC(=O)NCc1ccc(Cl)s1. The van der Waals surface area contributed by atoms with Crippen LogP contribution in [0, 0.1) is 0 Å². The minimum Gasteiger partial charge on any atom is -0.351 e. The van der Waals surface area contributed by atoms with Crippen LogP contribution in [0.3, 0.4) is 0 Å². The molecule has 1 rings (SSSR count). The van der Waals surface area contributed by atoms with Gasteiger partial charge in [0.2, 0.25) is 5.91 Å². The molecule has 0 aliphatic heterocycles. The molecule has 0 saturated heterocycles. The highest BCUT2D eigenvalue weighted by Crippen LogP contribution is 2.20. The van der Waals surface area contributed by atoms with Gasteiger partial charge in [-0.15, -0.1) is 11.3 Å². The molecule has 0 saturated carbocycles. The van der Waals surface area contributed by atoms with Gasteiger partial charge in [0.15, 0.2) is 0 Å². The number of amides is 1. The van der Waals surface area contributed by atoms with Crippen molar-refractivity contribution in [1.29, 1.82) is 0 Å². The molecule has 1 aromatic rings. The second-order valence-corrected chi connectivity index (χ2v) is 4.14. The topological polar surface area (TPSA) is 29.1 Å². The maximum atomic E-state index is 10.9. The quantitative estimate of drug-likeness (QED) is 0.804. The van der Waals surface area contributed by atoms with Gasteiger partial charge in [0.05, 0.1) is 10.9 Å². The van der Waals surface area contributed by atoms with Gasteiger partial charge < -0.3 is 5.32 Å². The van der Waals surface area contributed by atoms with Crippen LogP contribution in [0.2, 0.25) is 4.34 Å². The Morgan fingerprint density at radius 2 is 2.42 bits per heavy atom. The first-order chi connectivity index (χ1) is 5.72. The van der Waals surface area contributed by atoms with E-state index >= 15 is 0 Å². The lowest BCUT2D eigenvalue weighted by Crippen LogP contribution is -2.20. The molecule has 0 bridgehead atoms. The number of rotatable bonds is 3. The van der Waals surface area contributed by atoms with Crippen LogP contribution in [-0.2, 0) is 11.3 Å². The maximum Gasteiger partial charge on any atom is 0.220 e. The summed E-state index contributed by atoms with van der Waals surface area (Å²) in [5.41, 5.74) is 0. The lowest BCUT2D eigenvalue weighted by molar-refractivity contribution is -0.120. The van der Waals surface area contributed by atoms with E-state index in [2.05, 4.69) is 5.32 Å². The summed E-state index contributed by atoms with van der Waals surface area (Å²) in [5, 5.41) is 2.77. The summed E-state index contributed by atoms with van der Waals surface area (Å²) in [5.74, 6) is 0.0690. The highest BCUT2D eigenvalue weighted by molar-refractivity contribution is 7.16.